The molecule has 0 heterocycles. The lowest BCUT2D eigenvalue weighted by molar-refractivity contribution is -0.133. The van der Waals surface area contributed by atoms with E-state index < -0.39 is 4.75 Å². The Hall–Kier alpha value is -1.94. The van der Waals surface area contributed by atoms with E-state index in [0.717, 1.165) is 54.8 Å². The van der Waals surface area contributed by atoms with Crippen LogP contribution in [0.3, 0.4) is 0 Å². The van der Waals surface area contributed by atoms with Gasteiger partial charge in [0.2, 0.25) is 5.91 Å². The molecule has 1 unspecified atom stereocenters. The summed E-state index contributed by atoms with van der Waals surface area (Å²) in [5.74, 6) is 0.153. The predicted octanol–water partition coefficient (Wildman–Crippen LogP) is 6.01. The lowest BCUT2D eigenvalue weighted by Crippen LogP contribution is -2.44. The van der Waals surface area contributed by atoms with Crippen molar-refractivity contribution in [3.05, 3.63) is 59.7 Å². The molecule has 0 aliphatic heterocycles. The van der Waals surface area contributed by atoms with Crippen molar-refractivity contribution in [2.75, 3.05) is 18.8 Å². The van der Waals surface area contributed by atoms with E-state index in [0.29, 0.717) is 5.69 Å². The molecule has 2 aromatic carbocycles. The number of hydrogen-bond donors (Lipinski definition) is 1. The summed E-state index contributed by atoms with van der Waals surface area (Å²) < 4.78 is -0.765. The molecule has 1 amide bonds. The third-order valence-corrected chi connectivity index (χ3v) is 6.36. The Morgan fingerprint density at radius 3 is 2.21 bits per heavy atom. The van der Waals surface area contributed by atoms with Crippen molar-refractivity contribution in [3.8, 4) is 0 Å². The number of aryl methyl sites for hydroxylation is 1. The molecule has 0 aliphatic rings. The smallest absolute Gasteiger partial charge is 0.243 e. The van der Waals surface area contributed by atoms with Crippen LogP contribution in [0, 0.1) is 6.92 Å². The Morgan fingerprint density at radius 1 is 1.04 bits per heavy atom. The van der Waals surface area contributed by atoms with Crippen LogP contribution in [0.1, 0.15) is 57.6 Å². The monoisotopic (exact) mass is 398 g/mol. The summed E-state index contributed by atoms with van der Waals surface area (Å²) in [5, 5.41) is 0. The number of unbranched alkanes of at least 4 members (excludes halogenated alkanes) is 2. The van der Waals surface area contributed by atoms with Gasteiger partial charge in [-0.15, -0.1) is 11.8 Å². The summed E-state index contributed by atoms with van der Waals surface area (Å²) in [5.41, 5.74) is 9.08. The minimum Gasteiger partial charge on any atom is -0.398 e. The fourth-order valence-corrected chi connectivity index (χ4v) is 4.60. The fourth-order valence-electron chi connectivity index (χ4n) is 3.34. The lowest BCUT2D eigenvalue weighted by Gasteiger charge is -2.35. The van der Waals surface area contributed by atoms with Gasteiger partial charge >= 0.3 is 0 Å². The Morgan fingerprint density at radius 2 is 1.64 bits per heavy atom. The van der Waals surface area contributed by atoms with Gasteiger partial charge in [0.15, 0.2) is 0 Å². The van der Waals surface area contributed by atoms with Gasteiger partial charge in [-0.05, 0) is 44.9 Å². The number of carbonyl (C=O) groups is 1. The van der Waals surface area contributed by atoms with Crippen LogP contribution in [0.15, 0.2) is 53.4 Å². The second-order valence-electron chi connectivity index (χ2n) is 7.54. The molecule has 0 fully saturated rings. The van der Waals surface area contributed by atoms with Crippen molar-refractivity contribution in [1.29, 1.82) is 0 Å². The SMILES string of the molecule is CCCCN(CCCC)C(=O)C(C)(Sc1ccccc1)c1cc(C)ccc1N. The van der Waals surface area contributed by atoms with Crippen LogP contribution in [0.5, 0.6) is 0 Å². The summed E-state index contributed by atoms with van der Waals surface area (Å²) in [4.78, 5) is 17.0. The minimum atomic E-state index is -0.765. The van der Waals surface area contributed by atoms with Gasteiger partial charge in [0.05, 0.1) is 0 Å². The number of nitrogens with two attached hydrogens (primary N) is 1. The van der Waals surface area contributed by atoms with Crippen molar-refractivity contribution >= 4 is 23.4 Å². The molecule has 0 bridgehead atoms. The van der Waals surface area contributed by atoms with Crippen LogP contribution < -0.4 is 5.73 Å². The highest BCUT2D eigenvalue weighted by Crippen LogP contribution is 2.45. The molecule has 4 heteroatoms. The van der Waals surface area contributed by atoms with Gasteiger partial charge in [-0.3, -0.25) is 4.79 Å². The summed E-state index contributed by atoms with van der Waals surface area (Å²) in [7, 11) is 0. The number of hydrogen-bond acceptors (Lipinski definition) is 3. The van der Waals surface area contributed by atoms with E-state index in [4.69, 9.17) is 5.73 Å². The normalized spacial score (nSPS) is 13.1. The summed E-state index contributed by atoms with van der Waals surface area (Å²) in [6, 6.07) is 16.1. The van der Waals surface area contributed by atoms with Crippen LogP contribution in [0.2, 0.25) is 0 Å². The number of nitrogens with zero attached hydrogens (tertiary/aromatic N) is 1. The molecule has 0 saturated heterocycles. The molecule has 3 nitrogen and oxygen atoms in total. The topological polar surface area (TPSA) is 46.3 Å². The third-order valence-electron chi connectivity index (χ3n) is 5.05. The van der Waals surface area contributed by atoms with Gasteiger partial charge in [-0.25, -0.2) is 0 Å². The van der Waals surface area contributed by atoms with Crippen LogP contribution in [-0.4, -0.2) is 23.9 Å². The molecular formula is C24H34N2OS. The van der Waals surface area contributed by atoms with Gasteiger partial charge in [-0.2, -0.15) is 0 Å². The van der Waals surface area contributed by atoms with Crippen molar-refractivity contribution in [2.24, 2.45) is 0 Å². The van der Waals surface area contributed by atoms with E-state index in [1.165, 1.54) is 0 Å². The summed E-state index contributed by atoms with van der Waals surface area (Å²) in [6.07, 6.45) is 4.19. The van der Waals surface area contributed by atoms with Crippen LogP contribution in [-0.2, 0) is 9.54 Å². The molecule has 2 rings (SSSR count). The number of carbonyl (C=O) groups excluding carboxylic acids is 1. The maximum atomic E-state index is 13.9. The van der Waals surface area contributed by atoms with Crippen molar-refractivity contribution in [2.45, 2.75) is 63.0 Å². The van der Waals surface area contributed by atoms with E-state index in [1.807, 2.05) is 49.1 Å². The molecule has 152 valence electrons. The van der Waals surface area contributed by atoms with E-state index in [-0.39, 0.29) is 5.91 Å². The number of thioether (sulfide) groups is 1. The molecule has 1 atom stereocenters. The number of nitrogen functional groups attached to an aromatic ring is 1. The van der Waals surface area contributed by atoms with Crippen molar-refractivity contribution < 1.29 is 4.79 Å². The first-order chi connectivity index (χ1) is 13.4. The Balaban J connectivity index is 2.49. The quantitative estimate of drug-likeness (QED) is 0.393. The van der Waals surface area contributed by atoms with Crippen molar-refractivity contribution in [3.63, 3.8) is 0 Å². The van der Waals surface area contributed by atoms with Crippen LogP contribution in [0.25, 0.3) is 0 Å². The zero-order valence-corrected chi connectivity index (χ0v) is 18.5. The number of rotatable bonds is 10. The van der Waals surface area contributed by atoms with Gasteiger partial charge in [0, 0.05) is 29.2 Å². The Labute approximate surface area is 174 Å². The average Bonchev–Trinajstić information content (AvgIpc) is 2.70. The molecule has 0 aliphatic carbocycles. The van der Waals surface area contributed by atoms with E-state index >= 15 is 0 Å². The molecular weight excluding hydrogens is 364 g/mol. The number of anilines is 1. The molecule has 0 spiro atoms. The minimum absolute atomic E-state index is 0.153. The van der Waals surface area contributed by atoms with Gasteiger partial charge in [0.1, 0.15) is 4.75 Å². The highest BCUT2D eigenvalue weighted by Gasteiger charge is 2.40. The largest absolute Gasteiger partial charge is 0.398 e. The van der Waals surface area contributed by atoms with E-state index in [2.05, 4.69) is 32.0 Å². The highest BCUT2D eigenvalue weighted by molar-refractivity contribution is 8.01. The standard InChI is InChI=1S/C24H34N2OS/c1-5-7-16-26(17-8-6-2)23(27)24(4,28-20-12-10-9-11-13-20)21-18-19(3)14-15-22(21)25/h9-15,18H,5-8,16-17,25H2,1-4H3. The van der Waals surface area contributed by atoms with Crippen molar-refractivity contribution in [1.82, 2.24) is 4.90 Å². The second kappa shape index (κ2) is 10.6. The van der Waals surface area contributed by atoms with Crippen LogP contribution in [0.4, 0.5) is 5.69 Å². The Bertz CT molecular complexity index is 754. The third kappa shape index (κ3) is 5.54. The highest BCUT2D eigenvalue weighted by atomic mass is 32.2. The predicted molar refractivity (Wildman–Crippen MR) is 122 cm³/mol. The van der Waals surface area contributed by atoms with Crippen LogP contribution >= 0.6 is 11.8 Å². The zero-order valence-electron chi connectivity index (χ0n) is 17.7. The molecule has 0 saturated carbocycles. The summed E-state index contributed by atoms with van der Waals surface area (Å²) >= 11 is 1.60. The first-order valence-electron chi connectivity index (χ1n) is 10.3. The molecule has 0 radical (unpaired) electrons. The maximum Gasteiger partial charge on any atom is 0.243 e. The first kappa shape index (κ1) is 22.4. The van der Waals surface area contributed by atoms with Gasteiger partial charge in [-0.1, -0.05) is 62.6 Å². The maximum absolute atomic E-state index is 13.9. The second-order valence-corrected chi connectivity index (χ2v) is 9.03. The molecule has 2 N–H and O–H groups in total. The molecule has 0 aromatic heterocycles. The zero-order chi connectivity index (χ0) is 20.6. The molecule has 2 aromatic rings. The van der Waals surface area contributed by atoms with Gasteiger partial charge in [0.25, 0.3) is 0 Å². The number of amides is 1. The van der Waals surface area contributed by atoms with E-state index in [9.17, 15) is 4.79 Å². The van der Waals surface area contributed by atoms with Gasteiger partial charge < -0.3 is 10.6 Å². The average molecular weight is 399 g/mol. The lowest BCUT2D eigenvalue weighted by atomic mass is 9.94. The Kier molecular flexibility index (Phi) is 8.43. The first-order valence-corrected chi connectivity index (χ1v) is 11.1. The fraction of sp³-hybridized carbons (Fsp3) is 0.458. The van der Waals surface area contributed by atoms with E-state index in [1.54, 1.807) is 11.8 Å². The summed E-state index contributed by atoms with van der Waals surface area (Å²) in [6.45, 7) is 10.0. The number of benzene rings is 2. The molecule has 28 heavy (non-hydrogen) atoms.